The molecule has 1 saturated carbocycles. The van der Waals surface area contributed by atoms with E-state index in [4.69, 9.17) is 6.57 Å². The van der Waals surface area contributed by atoms with Crippen LogP contribution in [-0.2, 0) is 0 Å². The van der Waals surface area contributed by atoms with Crippen LogP contribution in [0.5, 0.6) is 0 Å². The minimum atomic E-state index is 0.310. The lowest BCUT2D eigenvalue weighted by Crippen LogP contribution is -2.28. The molecule has 0 saturated heterocycles. The van der Waals surface area contributed by atoms with E-state index >= 15 is 0 Å². The van der Waals surface area contributed by atoms with Crippen LogP contribution in [0.25, 0.3) is 4.85 Å². The zero-order valence-corrected chi connectivity index (χ0v) is 8.34. The van der Waals surface area contributed by atoms with Crippen molar-refractivity contribution in [2.45, 2.75) is 36.2 Å². The van der Waals surface area contributed by atoms with Gasteiger partial charge >= 0.3 is 0 Å². The summed E-state index contributed by atoms with van der Waals surface area (Å²) in [7, 11) is 0. The first-order valence-corrected chi connectivity index (χ1v) is 5.01. The second kappa shape index (κ2) is 3.56. The standard InChI is InChI=1S/C8H12IN/c1-6-4-3-5-7(10-2)8(6)9/h6-8H,3-5H2,1H3. The first-order valence-electron chi connectivity index (χ1n) is 3.76. The monoisotopic (exact) mass is 249 g/mol. The largest absolute Gasteiger partial charge is 0.313 e. The number of hydrogen-bond donors (Lipinski definition) is 0. The lowest BCUT2D eigenvalue weighted by atomic mass is 9.87. The van der Waals surface area contributed by atoms with Gasteiger partial charge in [-0.3, -0.25) is 0 Å². The first kappa shape index (κ1) is 8.32. The number of rotatable bonds is 0. The van der Waals surface area contributed by atoms with Gasteiger partial charge in [0.1, 0.15) is 0 Å². The summed E-state index contributed by atoms with van der Waals surface area (Å²) in [6.45, 7) is 9.20. The molecule has 0 bridgehead atoms. The maximum atomic E-state index is 6.94. The van der Waals surface area contributed by atoms with Crippen molar-refractivity contribution in [3.8, 4) is 0 Å². The topological polar surface area (TPSA) is 4.36 Å². The molecule has 0 amide bonds. The van der Waals surface area contributed by atoms with E-state index < -0.39 is 0 Å². The minimum Gasteiger partial charge on any atom is -0.313 e. The second-order valence-corrected chi connectivity index (χ2v) is 4.49. The summed E-state index contributed by atoms with van der Waals surface area (Å²) in [4.78, 5) is 3.62. The molecule has 1 aliphatic rings. The zero-order chi connectivity index (χ0) is 7.56. The lowest BCUT2D eigenvalue weighted by Gasteiger charge is -2.24. The van der Waals surface area contributed by atoms with E-state index in [1.165, 1.54) is 12.8 Å². The van der Waals surface area contributed by atoms with Gasteiger partial charge in [0, 0.05) is 6.42 Å². The average Bonchev–Trinajstić information content (AvgIpc) is 1.95. The fraction of sp³-hybridized carbons (Fsp3) is 0.875. The van der Waals surface area contributed by atoms with Crippen LogP contribution in [0.3, 0.4) is 0 Å². The third-order valence-corrected chi connectivity index (χ3v) is 4.29. The van der Waals surface area contributed by atoms with E-state index in [1.54, 1.807) is 0 Å². The molecular weight excluding hydrogens is 237 g/mol. The van der Waals surface area contributed by atoms with Crippen molar-refractivity contribution < 1.29 is 0 Å². The summed E-state index contributed by atoms with van der Waals surface area (Å²) < 4.78 is 0.601. The summed E-state index contributed by atoms with van der Waals surface area (Å²) in [6.07, 6.45) is 3.70. The summed E-state index contributed by atoms with van der Waals surface area (Å²) in [5, 5.41) is 0. The highest BCUT2D eigenvalue weighted by Crippen LogP contribution is 2.31. The zero-order valence-electron chi connectivity index (χ0n) is 6.18. The van der Waals surface area contributed by atoms with Gasteiger partial charge in [0.15, 0.2) is 0 Å². The molecular formula is C8H12IN. The fourth-order valence-corrected chi connectivity index (χ4v) is 2.36. The van der Waals surface area contributed by atoms with Gasteiger partial charge < -0.3 is 4.85 Å². The third-order valence-electron chi connectivity index (χ3n) is 2.24. The molecule has 3 atom stereocenters. The Kier molecular flexibility index (Phi) is 2.96. The molecule has 0 aliphatic heterocycles. The van der Waals surface area contributed by atoms with Gasteiger partial charge in [0.25, 0.3) is 0 Å². The molecule has 1 nitrogen and oxygen atoms in total. The number of hydrogen-bond acceptors (Lipinski definition) is 0. The normalized spacial score (nSPS) is 40.7. The van der Waals surface area contributed by atoms with E-state index in [0.29, 0.717) is 9.97 Å². The Morgan fingerprint density at radius 3 is 2.70 bits per heavy atom. The summed E-state index contributed by atoms with van der Waals surface area (Å²) in [5.74, 6) is 0.758. The molecule has 2 heteroatoms. The first-order chi connectivity index (χ1) is 4.75. The Bertz CT molecular complexity index is 150. The molecule has 0 aromatic carbocycles. The smallest absolute Gasteiger partial charge is 0.235 e. The van der Waals surface area contributed by atoms with Crippen LogP contribution in [-0.4, -0.2) is 9.97 Å². The molecule has 0 N–H and O–H groups in total. The molecule has 1 aliphatic carbocycles. The molecule has 3 unspecified atom stereocenters. The quantitative estimate of drug-likeness (QED) is 0.353. The molecule has 0 aromatic rings. The van der Waals surface area contributed by atoms with Crippen molar-refractivity contribution in [3.63, 3.8) is 0 Å². The highest BCUT2D eigenvalue weighted by molar-refractivity contribution is 14.1. The lowest BCUT2D eigenvalue weighted by molar-refractivity contribution is 0.394. The Balaban J connectivity index is 2.53. The Hall–Kier alpha value is 0.220. The molecule has 10 heavy (non-hydrogen) atoms. The van der Waals surface area contributed by atoms with Crippen LogP contribution < -0.4 is 0 Å². The summed E-state index contributed by atoms with van der Waals surface area (Å²) in [5.41, 5.74) is 0. The Morgan fingerprint density at radius 1 is 1.50 bits per heavy atom. The average molecular weight is 249 g/mol. The molecule has 0 aromatic heterocycles. The van der Waals surface area contributed by atoms with Gasteiger partial charge in [0.2, 0.25) is 6.04 Å². The number of alkyl halides is 1. The maximum Gasteiger partial charge on any atom is 0.235 e. The highest BCUT2D eigenvalue weighted by Gasteiger charge is 2.32. The van der Waals surface area contributed by atoms with E-state index in [-0.39, 0.29) is 0 Å². The van der Waals surface area contributed by atoms with E-state index in [9.17, 15) is 0 Å². The minimum absolute atomic E-state index is 0.310. The summed E-state index contributed by atoms with van der Waals surface area (Å²) >= 11 is 2.43. The molecule has 1 fully saturated rings. The fourth-order valence-electron chi connectivity index (χ4n) is 1.48. The summed E-state index contributed by atoms with van der Waals surface area (Å²) in [6, 6.07) is 0.310. The molecule has 0 heterocycles. The van der Waals surface area contributed by atoms with Gasteiger partial charge in [-0.1, -0.05) is 29.5 Å². The second-order valence-electron chi connectivity index (χ2n) is 3.05. The molecule has 0 spiro atoms. The van der Waals surface area contributed by atoms with E-state index in [0.717, 1.165) is 12.3 Å². The number of halogens is 1. The van der Waals surface area contributed by atoms with Crippen LogP contribution in [0.15, 0.2) is 0 Å². The predicted molar refractivity (Wildman–Crippen MR) is 51.2 cm³/mol. The van der Waals surface area contributed by atoms with E-state index in [1.807, 2.05) is 0 Å². The SMILES string of the molecule is [C-]#[N+]C1CCCC(C)C1I. The van der Waals surface area contributed by atoms with Crippen molar-refractivity contribution >= 4 is 22.6 Å². The maximum absolute atomic E-state index is 6.94. The van der Waals surface area contributed by atoms with Crippen molar-refractivity contribution in [1.82, 2.24) is 0 Å². The van der Waals surface area contributed by atoms with Crippen molar-refractivity contribution in [2.75, 3.05) is 0 Å². The number of nitrogens with zero attached hydrogens (tertiary/aromatic N) is 1. The van der Waals surface area contributed by atoms with Crippen LogP contribution >= 0.6 is 22.6 Å². The predicted octanol–water partition coefficient (Wildman–Crippen LogP) is 2.90. The van der Waals surface area contributed by atoms with Gasteiger partial charge in [0.05, 0.1) is 3.92 Å². The van der Waals surface area contributed by atoms with Gasteiger partial charge in [-0.2, -0.15) is 0 Å². The van der Waals surface area contributed by atoms with Crippen LogP contribution in [0.2, 0.25) is 0 Å². The Labute approximate surface area is 76.2 Å². The van der Waals surface area contributed by atoms with Crippen LogP contribution in [0, 0.1) is 12.5 Å². The highest BCUT2D eigenvalue weighted by atomic mass is 127. The Morgan fingerprint density at radius 2 is 2.20 bits per heavy atom. The van der Waals surface area contributed by atoms with Crippen molar-refractivity contribution in [2.24, 2.45) is 5.92 Å². The molecule has 1 rings (SSSR count). The third kappa shape index (κ3) is 1.63. The van der Waals surface area contributed by atoms with Gasteiger partial charge in [-0.15, -0.1) is 0 Å². The van der Waals surface area contributed by atoms with Crippen molar-refractivity contribution in [3.05, 3.63) is 11.4 Å². The van der Waals surface area contributed by atoms with Crippen LogP contribution in [0.4, 0.5) is 0 Å². The molecule has 0 radical (unpaired) electrons. The molecule has 56 valence electrons. The van der Waals surface area contributed by atoms with Crippen molar-refractivity contribution in [1.29, 1.82) is 0 Å². The van der Waals surface area contributed by atoms with Gasteiger partial charge in [-0.05, 0) is 18.8 Å². The van der Waals surface area contributed by atoms with E-state index in [2.05, 4.69) is 34.4 Å². The van der Waals surface area contributed by atoms with Gasteiger partial charge in [-0.25, -0.2) is 6.57 Å². The van der Waals surface area contributed by atoms with Crippen LogP contribution in [0.1, 0.15) is 26.2 Å².